The zero-order valence-corrected chi connectivity index (χ0v) is 18.9. The van der Waals surface area contributed by atoms with Crippen LogP contribution in [0.15, 0.2) is 71.1 Å². The van der Waals surface area contributed by atoms with Crippen LogP contribution >= 0.6 is 11.6 Å². The first kappa shape index (κ1) is 22.2. The quantitative estimate of drug-likeness (QED) is 0.598. The van der Waals surface area contributed by atoms with Gasteiger partial charge in [-0.15, -0.1) is 0 Å². The maximum atomic E-state index is 13.5. The zero-order chi connectivity index (χ0) is 22.8. The summed E-state index contributed by atoms with van der Waals surface area (Å²) in [6.45, 7) is 4.10. The summed E-state index contributed by atoms with van der Waals surface area (Å²) in [6, 6.07) is 14.3. The topological polar surface area (TPSA) is 75.6 Å². The minimum absolute atomic E-state index is 0.00469. The molecule has 1 heterocycles. The molecular weight excluding hydrogens is 426 g/mol. The molecule has 0 aromatic heterocycles. The molecule has 1 aliphatic carbocycles. The third kappa shape index (κ3) is 4.30. The number of phenolic OH excluding ortho intramolecular Hbond substituents is 1. The summed E-state index contributed by atoms with van der Waals surface area (Å²) in [5.74, 6) is -0.785. The number of halogens is 1. The van der Waals surface area contributed by atoms with Crippen LogP contribution in [0.4, 0.5) is 0 Å². The lowest BCUT2D eigenvalue weighted by Crippen LogP contribution is -2.36. The molecule has 2 aromatic carbocycles. The predicted octanol–water partition coefficient (Wildman–Crippen LogP) is 5.36. The van der Waals surface area contributed by atoms with E-state index in [-0.39, 0.29) is 17.5 Å². The summed E-state index contributed by atoms with van der Waals surface area (Å²) in [5, 5.41) is 13.8. The summed E-state index contributed by atoms with van der Waals surface area (Å²) < 4.78 is 5.46. The molecule has 2 aromatic rings. The molecule has 2 N–H and O–H groups in total. The van der Waals surface area contributed by atoms with Gasteiger partial charge in [-0.1, -0.05) is 42.8 Å². The van der Waals surface area contributed by atoms with E-state index >= 15 is 0 Å². The first-order chi connectivity index (χ1) is 15.4. The maximum absolute atomic E-state index is 13.5. The van der Waals surface area contributed by atoms with E-state index < -0.39 is 11.9 Å². The van der Waals surface area contributed by atoms with Crippen LogP contribution in [0.5, 0.6) is 5.75 Å². The lowest BCUT2D eigenvalue weighted by Gasteiger charge is -2.36. The molecule has 0 saturated carbocycles. The Bertz CT molecular complexity index is 1100. The second-order valence-electron chi connectivity index (χ2n) is 8.30. The van der Waals surface area contributed by atoms with Crippen molar-refractivity contribution >= 4 is 23.4 Å². The molecule has 5 nitrogen and oxygen atoms in total. The van der Waals surface area contributed by atoms with Crippen molar-refractivity contribution in [1.29, 1.82) is 0 Å². The van der Waals surface area contributed by atoms with Gasteiger partial charge in [0.1, 0.15) is 5.75 Å². The normalized spacial score (nSPS) is 20.7. The van der Waals surface area contributed by atoms with E-state index in [1.54, 1.807) is 24.3 Å². The molecule has 0 saturated heterocycles. The van der Waals surface area contributed by atoms with E-state index in [0.717, 1.165) is 16.8 Å². The predicted molar refractivity (Wildman–Crippen MR) is 123 cm³/mol. The van der Waals surface area contributed by atoms with Crippen molar-refractivity contribution < 1.29 is 19.4 Å². The fourth-order valence-corrected chi connectivity index (χ4v) is 4.68. The van der Waals surface area contributed by atoms with E-state index in [4.69, 9.17) is 16.3 Å². The molecule has 0 amide bonds. The highest BCUT2D eigenvalue weighted by Gasteiger charge is 2.41. The minimum atomic E-state index is -0.533. The molecule has 2 unspecified atom stereocenters. The van der Waals surface area contributed by atoms with Gasteiger partial charge in [-0.05, 0) is 61.1 Å². The minimum Gasteiger partial charge on any atom is -0.508 e. The molecule has 32 heavy (non-hydrogen) atoms. The summed E-state index contributed by atoms with van der Waals surface area (Å²) >= 11 is 6.03. The Kier molecular flexibility index (Phi) is 6.38. The van der Waals surface area contributed by atoms with Crippen LogP contribution in [0.2, 0.25) is 5.02 Å². The Morgan fingerprint density at radius 2 is 1.75 bits per heavy atom. The van der Waals surface area contributed by atoms with Gasteiger partial charge in [0, 0.05) is 34.3 Å². The highest BCUT2D eigenvalue weighted by atomic mass is 35.5. The fraction of sp³-hybridized carbons (Fsp3) is 0.308. The monoisotopic (exact) mass is 451 g/mol. The van der Waals surface area contributed by atoms with Gasteiger partial charge < -0.3 is 15.2 Å². The van der Waals surface area contributed by atoms with Gasteiger partial charge in [-0.25, -0.2) is 4.79 Å². The summed E-state index contributed by atoms with van der Waals surface area (Å²) in [7, 11) is 0. The average Bonchev–Trinajstić information content (AvgIpc) is 2.77. The highest BCUT2D eigenvalue weighted by Crippen LogP contribution is 2.46. The number of aromatic hydroxyl groups is 1. The van der Waals surface area contributed by atoms with Crippen LogP contribution in [0.3, 0.4) is 0 Å². The number of carbonyl (C=O) groups excluding carboxylic acids is 2. The first-order valence-electron chi connectivity index (χ1n) is 10.8. The lowest BCUT2D eigenvalue weighted by atomic mass is 9.72. The van der Waals surface area contributed by atoms with E-state index in [1.165, 1.54) is 0 Å². The largest absolute Gasteiger partial charge is 0.508 e. The van der Waals surface area contributed by atoms with Gasteiger partial charge in [0.15, 0.2) is 5.78 Å². The molecule has 0 bridgehead atoms. The molecule has 2 atom stereocenters. The van der Waals surface area contributed by atoms with Crippen molar-refractivity contribution in [2.24, 2.45) is 0 Å². The summed E-state index contributed by atoms with van der Waals surface area (Å²) in [6.07, 6.45) is 1.73. The van der Waals surface area contributed by atoms with Gasteiger partial charge >= 0.3 is 5.97 Å². The van der Waals surface area contributed by atoms with Crippen LogP contribution in [0, 0.1) is 0 Å². The van der Waals surface area contributed by atoms with Crippen molar-refractivity contribution in [3.63, 3.8) is 0 Å². The van der Waals surface area contributed by atoms with Gasteiger partial charge in [0.2, 0.25) is 0 Å². The number of hydrogen-bond acceptors (Lipinski definition) is 5. The standard InChI is InChI=1S/C26H26ClNO4/c1-3-12-32-26(31)23-15(2)28-21-13-18(16-4-8-19(27)9-5-16)14-22(30)25(21)24(23)17-6-10-20(29)11-7-17/h4-11,18,24,28-29H,3,12-14H2,1-2H3. The average molecular weight is 452 g/mol. The molecule has 0 fully saturated rings. The van der Waals surface area contributed by atoms with Crippen LogP contribution in [0.1, 0.15) is 56.1 Å². The number of rotatable bonds is 5. The number of benzene rings is 2. The van der Waals surface area contributed by atoms with Crippen LogP contribution < -0.4 is 5.32 Å². The molecule has 166 valence electrons. The number of nitrogens with one attached hydrogen (secondary N) is 1. The number of dihydropyridines is 1. The second kappa shape index (κ2) is 9.21. The fourth-order valence-electron chi connectivity index (χ4n) is 4.55. The molecule has 2 aliphatic rings. The zero-order valence-electron chi connectivity index (χ0n) is 18.2. The highest BCUT2D eigenvalue weighted by molar-refractivity contribution is 6.30. The molecular formula is C26H26ClNO4. The Hall–Kier alpha value is -3.05. The molecule has 0 spiro atoms. The summed E-state index contributed by atoms with van der Waals surface area (Å²) in [4.78, 5) is 26.5. The second-order valence-corrected chi connectivity index (χ2v) is 8.73. The Morgan fingerprint density at radius 1 is 1.09 bits per heavy atom. The van der Waals surface area contributed by atoms with Crippen molar-refractivity contribution in [2.75, 3.05) is 6.61 Å². The van der Waals surface area contributed by atoms with Crippen molar-refractivity contribution in [2.45, 2.75) is 44.9 Å². The number of allylic oxidation sites excluding steroid dienone is 3. The first-order valence-corrected chi connectivity index (χ1v) is 11.2. The van der Waals surface area contributed by atoms with Gasteiger partial charge in [-0.2, -0.15) is 0 Å². The molecule has 6 heteroatoms. The molecule has 1 aliphatic heterocycles. The van der Waals surface area contributed by atoms with Crippen molar-refractivity contribution in [1.82, 2.24) is 5.32 Å². The Balaban J connectivity index is 1.76. The van der Waals surface area contributed by atoms with Gasteiger partial charge in [0.25, 0.3) is 0 Å². The molecule has 0 radical (unpaired) electrons. The van der Waals surface area contributed by atoms with Crippen molar-refractivity contribution in [3.8, 4) is 5.75 Å². The van der Waals surface area contributed by atoms with Gasteiger partial charge in [0.05, 0.1) is 12.2 Å². The summed E-state index contributed by atoms with van der Waals surface area (Å²) in [5.41, 5.74) is 4.41. The SMILES string of the molecule is CCCOC(=O)C1=C(C)NC2=C(C(=O)CC(c3ccc(Cl)cc3)C2)C1c1ccc(O)cc1. The van der Waals surface area contributed by atoms with E-state index in [1.807, 2.05) is 38.1 Å². The van der Waals surface area contributed by atoms with E-state index in [9.17, 15) is 14.7 Å². The van der Waals surface area contributed by atoms with Crippen LogP contribution in [0.25, 0.3) is 0 Å². The number of esters is 1. The number of ketones is 1. The Morgan fingerprint density at radius 3 is 2.41 bits per heavy atom. The van der Waals surface area contributed by atoms with Crippen molar-refractivity contribution in [3.05, 3.63) is 87.2 Å². The number of Topliss-reactive ketones (excluding diaryl/α,β-unsaturated/α-hetero) is 1. The van der Waals surface area contributed by atoms with E-state index in [2.05, 4.69) is 5.32 Å². The van der Waals surface area contributed by atoms with Crippen LogP contribution in [-0.4, -0.2) is 23.5 Å². The van der Waals surface area contributed by atoms with Crippen LogP contribution in [-0.2, 0) is 14.3 Å². The number of ether oxygens (including phenoxy) is 1. The third-order valence-corrected chi connectivity index (χ3v) is 6.30. The smallest absolute Gasteiger partial charge is 0.336 e. The number of hydrogen-bond donors (Lipinski definition) is 2. The number of carbonyl (C=O) groups is 2. The van der Waals surface area contributed by atoms with E-state index in [0.29, 0.717) is 47.7 Å². The third-order valence-electron chi connectivity index (χ3n) is 6.05. The maximum Gasteiger partial charge on any atom is 0.336 e. The Labute approximate surface area is 192 Å². The van der Waals surface area contributed by atoms with Gasteiger partial charge in [-0.3, -0.25) is 4.79 Å². The lowest BCUT2D eigenvalue weighted by molar-refractivity contribution is -0.139. The molecule has 4 rings (SSSR count). The number of phenols is 1.